The Labute approximate surface area is 98.5 Å². The lowest BCUT2D eigenvalue weighted by Crippen LogP contribution is -2.44. The molecule has 94 valence electrons. The van der Waals surface area contributed by atoms with Crippen molar-refractivity contribution in [3.63, 3.8) is 0 Å². The van der Waals surface area contributed by atoms with E-state index in [1.54, 1.807) is 0 Å². The molecule has 2 bridgehead atoms. The van der Waals surface area contributed by atoms with Gasteiger partial charge < -0.3 is 10.2 Å². The lowest BCUT2D eigenvalue weighted by atomic mass is 9.99. The number of aliphatic hydroxyl groups is 2. The van der Waals surface area contributed by atoms with E-state index in [-0.39, 0.29) is 6.10 Å². The number of hydrogen-bond acceptors (Lipinski definition) is 3. The first kappa shape index (κ1) is 12.3. The Balaban J connectivity index is 1.66. The first-order chi connectivity index (χ1) is 7.81. The first-order valence-electron chi connectivity index (χ1n) is 6.86. The van der Waals surface area contributed by atoms with Gasteiger partial charge in [0.05, 0.1) is 6.10 Å². The SMILES string of the molecule is OCCCCCCN1C2CCC1CC(O)C2. The normalized spacial score (nSPS) is 34.5. The summed E-state index contributed by atoms with van der Waals surface area (Å²) in [7, 11) is 0. The zero-order valence-electron chi connectivity index (χ0n) is 10.1. The van der Waals surface area contributed by atoms with Crippen molar-refractivity contribution in [3.05, 3.63) is 0 Å². The van der Waals surface area contributed by atoms with Crippen molar-refractivity contribution in [3.8, 4) is 0 Å². The molecule has 2 N–H and O–H groups in total. The van der Waals surface area contributed by atoms with Crippen LogP contribution in [-0.2, 0) is 0 Å². The highest BCUT2D eigenvalue weighted by Gasteiger charge is 2.39. The van der Waals surface area contributed by atoms with Crippen molar-refractivity contribution in [2.45, 2.75) is 69.6 Å². The number of nitrogens with zero attached hydrogens (tertiary/aromatic N) is 1. The van der Waals surface area contributed by atoms with Crippen LogP contribution in [0.3, 0.4) is 0 Å². The van der Waals surface area contributed by atoms with Gasteiger partial charge >= 0.3 is 0 Å². The first-order valence-corrected chi connectivity index (χ1v) is 6.86. The number of fused-ring (bicyclic) bond motifs is 2. The zero-order chi connectivity index (χ0) is 11.4. The van der Waals surface area contributed by atoms with Crippen LogP contribution in [0.2, 0.25) is 0 Å². The molecule has 0 saturated carbocycles. The van der Waals surface area contributed by atoms with Crippen LogP contribution in [0, 0.1) is 0 Å². The van der Waals surface area contributed by atoms with Crippen LogP contribution in [0.25, 0.3) is 0 Å². The summed E-state index contributed by atoms with van der Waals surface area (Å²) in [6.07, 6.45) is 9.12. The van der Waals surface area contributed by atoms with E-state index in [1.807, 2.05) is 0 Å². The van der Waals surface area contributed by atoms with Crippen LogP contribution in [0.4, 0.5) is 0 Å². The molecule has 0 amide bonds. The van der Waals surface area contributed by atoms with E-state index in [9.17, 15) is 5.11 Å². The van der Waals surface area contributed by atoms with Crippen molar-refractivity contribution >= 4 is 0 Å². The van der Waals surface area contributed by atoms with Crippen LogP contribution in [-0.4, -0.2) is 46.5 Å². The maximum Gasteiger partial charge on any atom is 0.0570 e. The van der Waals surface area contributed by atoms with E-state index in [0.717, 1.165) is 25.7 Å². The molecule has 2 fully saturated rings. The average Bonchev–Trinajstić information content (AvgIpc) is 2.51. The fourth-order valence-corrected chi connectivity index (χ4v) is 3.37. The van der Waals surface area contributed by atoms with Gasteiger partial charge in [-0.3, -0.25) is 4.90 Å². The molecule has 3 nitrogen and oxygen atoms in total. The fourth-order valence-electron chi connectivity index (χ4n) is 3.37. The minimum atomic E-state index is -0.0388. The third-order valence-electron chi connectivity index (χ3n) is 4.18. The van der Waals surface area contributed by atoms with Gasteiger partial charge in [0.2, 0.25) is 0 Å². The van der Waals surface area contributed by atoms with E-state index in [1.165, 1.54) is 32.2 Å². The quantitative estimate of drug-likeness (QED) is 0.676. The van der Waals surface area contributed by atoms with E-state index >= 15 is 0 Å². The molecule has 3 heteroatoms. The second-order valence-electron chi connectivity index (χ2n) is 5.39. The van der Waals surface area contributed by atoms with Crippen LogP contribution >= 0.6 is 0 Å². The average molecular weight is 227 g/mol. The summed E-state index contributed by atoms with van der Waals surface area (Å²) in [6, 6.07) is 1.32. The minimum Gasteiger partial charge on any atom is -0.396 e. The molecule has 0 spiro atoms. The lowest BCUT2D eigenvalue weighted by molar-refractivity contribution is 0.0346. The molecule has 0 radical (unpaired) electrons. The van der Waals surface area contributed by atoms with E-state index in [2.05, 4.69) is 4.90 Å². The third kappa shape index (κ3) is 2.96. The lowest BCUT2D eigenvalue weighted by Gasteiger charge is -2.37. The molecule has 2 rings (SSSR count). The van der Waals surface area contributed by atoms with Gasteiger partial charge in [-0.15, -0.1) is 0 Å². The highest BCUT2D eigenvalue weighted by Crippen LogP contribution is 2.35. The monoisotopic (exact) mass is 227 g/mol. The Morgan fingerprint density at radius 3 is 2.19 bits per heavy atom. The van der Waals surface area contributed by atoms with Crippen molar-refractivity contribution in [1.29, 1.82) is 0 Å². The van der Waals surface area contributed by atoms with Gasteiger partial charge in [-0.1, -0.05) is 12.8 Å². The molecule has 2 aliphatic rings. The summed E-state index contributed by atoms with van der Waals surface area (Å²) in [5.74, 6) is 0. The number of unbranched alkanes of at least 4 members (excludes halogenated alkanes) is 3. The van der Waals surface area contributed by atoms with Crippen molar-refractivity contribution in [1.82, 2.24) is 4.90 Å². The Hall–Kier alpha value is -0.120. The van der Waals surface area contributed by atoms with Crippen LogP contribution in [0.5, 0.6) is 0 Å². The van der Waals surface area contributed by atoms with Gasteiger partial charge in [-0.05, 0) is 45.1 Å². The second kappa shape index (κ2) is 5.99. The molecule has 16 heavy (non-hydrogen) atoms. The van der Waals surface area contributed by atoms with Crippen molar-refractivity contribution in [2.24, 2.45) is 0 Å². The summed E-state index contributed by atoms with van der Waals surface area (Å²) in [5.41, 5.74) is 0. The molecule has 2 atom stereocenters. The Morgan fingerprint density at radius 1 is 0.938 bits per heavy atom. The molecule has 2 unspecified atom stereocenters. The molecule has 0 aromatic carbocycles. The summed E-state index contributed by atoms with van der Waals surface area (Å²) in [4.78, 5) is 2.63. The summed E-state index contributed by atoms with van der Waals surface area (Å²) in [6.45, 7) is 1.54. The van der Waals surface area contributed by atoms with Crippen LogP contribution in [0.15, 0.2) is 0 Å². The summed E-state index contributed by atoms with van der Waals surface area (Å²) >= 11 is 0. The van der Waals surface area contributed by atoms with E-state index in [0.29, 0.717) is 18.7 Å². The predicted octanol–water partition coefficient (Wildman–Crippen LogP) is 1.53. The third-order valence-corrected chi connectivity index (χ3v) is 4.18. The predicted molar refractivity (Wildman–Crippen MR) is 64.3 cm³/mol. The smallest absolute Gasteiger partial charge is 0.0570 e. The number of piperidine rings is 1. The van der Waals surface area contributed by atoms with Crippen LogP contribution < -0.4 is 0 Å². The molecule has 0 aromatic rings. The van der Waals surface area contributed by atoms with E-state index < -0.39 is 0 Å². The van der Waals surface area contributed by atoms with Gasteiger partial charge in [-0.25, -0.2) is 0 Å². The number of hydrogen-bond donors (Lipinski definition) is 2. The van der Waals surface area contributed by atoms with Gasteiger partial charge in [0.25, 0.3) is 0 Å². The summed E-state index contributed by atoms with van der Waals surface area (Å²) < 4.78 is 0. The van der Waals surface area contributed by atoms with Gasteiger partial charge in [0.15, 0.2) is 0 Å². The maximum atomic E-state index is 9.69. The highest BCUT2D eigenvalue weighted by molar-refractivity contribution is 4.94. The second-order valence-corrected chi connectivity index (χ2v) is 5.39. The fraction of sp³-hybridized carbons (Fsp3) is 1.00. The Kier molecular flexibility index (Phi) is 4.62. The molecule has 0 aromatic heterocycles. The molecular formula is C13H25NO2. The van der Waals surface area contributed by atoms with Crippen molar-refractivity contribution < 1.29 is 10.2 Å². The highest BCUT2D eigenvalue weighted by atomic mass is 16.3. The maximum absolute atomic E-state index is 9.69. The molecule has 2 aliphatic heterocycles. The number of aliphatic hydroxyl groups excluding tert-OH is 2. The molecule has 2 heterocycles. The minimum absolute atomic E-state index is 0.0388. The summed E-state index contributed by atoms with van der Waals surface area (Å²) in [5, 5.41) is 18.4. The Morgan fingerprint density at radius 2 is 1.56 bits per heavy atom. The topological polar surface area (TPSA) is 43.7 Å². The molecule has 0 aliphatic carbocycles. The molecule has 2 saturated heterocycles. The standard InChI is InChI=1S/C13H25NO2/c15-8-4-2-1-3-7-14-11-5-6-12(14)10-13(16)9-11/h11-13,15-16H,1-10H2. The largest absolute Gasteiger partial charge is 0.396 e. The number of rotatable bonds is 6. The van der Waals surface area contributed by atoms with E-state index in [4.69, 9.17) is 5.11 Å². The Bertz CT molecular complexity index is 196. The van der Waals surface area contributed by atoms with Gasteiger partial charge in [0, 0.05) is 18.7 Å². The van der Waals surface area contributed by atoms with Gasteiger partial charge in [-0.2, -0.15) is 0 Å². The zero-order valence-corrected chi connectivity index (χ0v) is 10.1. The van der Waals surface area contributed by atoms with Gasteiger partial charge in [0.1, 0.15) is 0 Å². The van der Waals surface area contributed by atoms with Crippen molar-refractivity contribution in [2.75, 3.05) is 13.2 Å². The van der Waals surface area contributed by atoms with Crippen LogP contribution in [0.1, 0.15) is 51.4 Å². The molecular weight excluding hydrogens is 202 g/mol.